The Morgan fingerprint density at radius 3 is 3.24 bits per heavy atom. The van der Waals surface area contributed by atoms with Crippen LogP contribution in [0.25, 0.3) is 0 Å². The number of carbonyl (C=O) groups excluding carboxylic acids is 1. The Balaban J connectivity index is 1.54. The quantitative estimate of drug-likeness (QED) is 0.616. The van der Waals surface area contributed by atoms with Gasteiger partial charge in [0, 0.05) is 29.8 Å². The number of aromatic amines is 1. The molecule has 0 bridgehead atoms. The zero-order valence-electron chi connectivity index (χ0n) is 9.65. The van der Waals surface area contributed by atoms with Crippen LogP contribution >= 0.6 is 21.6 Å². The molecule has 2 N–H and O–H groups in total. The van der Waals surface area contributed by atoms with Crippen molar-refractivity contribution in [2.75, 3.05) is 11.1 Å². The van der Waals surface area contributed by atoms with E-state index in [0.717, 1.165) is 18.1 Å². The van der Waals surface area contributed by atoms with Crippen molar-refractivity contribution in [1.29, 1.82) is 0 Å². The molecule has 1 amide bonds. The third-order valence-electron chi connectivity index (χ3n) is 2.66. The fraction of sp³-hybridized carbons (Fsp3) is 0.636. The summed E-state index contributed by atoms with van der Waals surface area (Å²) in [6.07, 6.45) is 8.60. The van der Waals surface area contributed by atoms with Gasteiger partial charge in [0.2, 0.25) is 11.9 Å². The molecule has 1 saturated heterocycles. The number of unbranched alkanes of at least 4 members (excludes halogenated alkanes) is 1. The SMILES string of the molecule is O=C(CCCC[C@H]1CCSS1)Nc1ncc[nH]1. The normalized spacial score (nSPS) is 19.4. The average Bonchev–Trinajstić information content (AvgIpc) is 2.96. The van der Waals surface area contributed by atoms with Crippen molar-refractivity contribution < 1.29 is 4.79 Å². The number of carbonyl (C=O) groups is 1. The summed E-state index contributed by atoms with van der Waals surface area (Å²) >= 11 is 0. The minimum absolute atomic E-state index is 0.0494. The molecule has 1 atom stereocenters. The molecule has 1 aliphatic heterocycles. The fourth-order valence-electron chi connectivity index (χ4n) is 1.75. The van der Waals surface area contributed by atoms with Crippen molar-refractivity contribution in [2.24, 2.45) is 0 Å². The van der Waals surface area contributed by atoms with Gasteiger partial charge in [-0.1, -0.05) is 28.0 Å². The van der Waals surface area contributed by atoms with Gasteiger partial charge >= 0.3 is 0 Å². The molecule has 1 fully saturated rings. The van der Waals surface area contributed by atoms with E-state index in [1.807, 2.05) is 21.6 Å². The number of H-pyrrole nitrogens is 1. The number of rotatable bonds is 6. The van der Waals surface area contributed by atoms with E-state index in [2.05, 4.69) is 15.3 Å². The van der Waals surface area contributed by atoms with Gasteiger partial charge in [0.25, 0.3) is 0 Å². The predicted octanol–water partition coefficient (Wildman–Crippen LogP) is 3.06. The van der Waals surface area contributed by atoms with Gasteiger partial charge < -0.3 is 4.98 Å². The highest BCUT2D eigenvalue weighted by molar-refractivity contribution is 8.77. The Bertz CT molecular complexity index is 336. The number of nitrogens with one attached hydrogen (secondary N) is 2. The molecule has 0 aromatic carbocycles. The lowest BCUT2D eigenvalue weighted by Gasteiger charge is -2.06. The second kappa shape index (κ2) is 6.96. The van der Waals surface area contributed by atoms with Gasteiger partial charge in [0.15, 0.2) is 0 Å². The van der Waals surface area contributed by atoms with Crippen LogP contribution in [0.5, 0.6) is 0 Å². The second-order valence-corrected chi connectivity index (χ2v) is 6.85. The Hall–Kier alpha value is -0.620. The molecule has 0 spiro atoms. The first-order valence-corrected chi connectivity index (χ1v) is 8.30. The summed E-state index contributed by atoms with van der Waals surface area (Å²) < 4.78 is 0. The molecule has 94 valence electrons. The Morgan fingerprint density at radius 1 is 1.59 bits per heavy atom. The van der Waals surface area contributed by atoms with Crippen LogP contribution in [0.15, 0.2) is 12.4 Å². The van der Waals surface area contributed by atoms with Crippen molar-refractivity contribution in [3.05, 3.63) is 12.4 Å². The largest absolute Gasteiger partial charge is 0.331 e. The van der Waals surface area contributed by atoms with E-state index in [-0.39, 0.29) is 5.91 Å². The maximum atomic E-state index is 11.5. The maximum Gasteiger partial charge on any atom is 0.226 e. The van der Waals surface area contributed by atoms with Crippen LogP contribution in [0.3, 0.4) is 0 Å². The van der Waals surface area contributed by atoms with Crippen molar-refractivity contribution in [2.45, 2.75) is 37.4 Å². The average molecular weight is 271 g/mol. The highest BCUT2D eigenvalue weighted by Crippen LogP contribution is 2.39. The van der Waals surface area contributed by atoms with Gasteiger partial charge in [-0.2, -0.15) is 0 Å². The summed E-state index contributed by atoms with van der Waals surface area (Å²) in [5.74, 6) is 1.88. The van der Waals surface area contributed by atoms with Gasteiger partial charge in [0.1, 0.15) is 0 Å². The van der Waals surface area contributed by atoms with E-state index in [9.17, 15) is 4.79 Å². The van der Waals surface area contributed by atoms with Gasteiger partial charge in [-0.15, -0.1) is 0 Å². The van der Waals surface area contributed by atoms with Crippen molar-refractivity contribution in [1.82, 2.24) is 9.97 Å². The zero-order valence-corrected chi connectivity index (χ0v) is 11.3. The molecule has 1 aliphatic rings. The Labute approximate surface area is 109 Å². The molecule has 0 unspecified atom stereocenters. The highest BCUT2D eigenvalue weighted by Gasteiger charge is 2.15. The maximum absolute atomic E-state index is 11.5. The fourth-order valence-corrected chi connectivity index (χ4v) is 4.78. The third kappa shape index (κ3) is 4.63. The molecule has 2 heterocycles. The Morgan fingerprint density at radius 2 is 2.53 bits per heavy atom. The van der Waals surface area contributed by atoms with Gasteiger partial charge in [-0.05, 0) is 19.3 Å². The number of amides is 1. The molecule has 4 nitrogen and oxygen atoms in total. The van der Waals surface area contributed by atoms with E-state index in [4.69, 9.17) is 0 Å². The molecular weight excluding hydrogens is 254 g/mol. The van der Waals surface area contributed by atoms with E-state index >= 15 is 0 Å². The minimum Gasteiger partial charge on any atom is -0.331 e. The van der Waals surface area contributed by atoms with Crippen LogP contribution in [-0.4, -0.2) is 26.9 Å². The van der Waals surface area contributed by atoms with Crippen molar-refractivity contribution in [3.8, 4) is 0 Å². The molecule has 0 aliphatic carbocycles. The van der Waals surface area contributed by atoms with Crippen molar-refractivity contribution in [3.63, 3.8) is 0 Å². The molecule has 0 saturated carbocycles. The van der Waals surface area contributed by atoms with E-state index in [1.165, 1.54) is 18.6 Å². The van der Waals surface area contributed by atoms with Crippen LogP contribution in [0, 0.1) is 0 Å². The first kappa shape index (κ1) is 12.8. The number of hydrogen-bond donors (Lipinski definition) is 2. The van der Waals surface area contributed by atoms with Gasteiger partial charge in [-0.25, -0.2) is 4.98 Å². The molecule has 17 heavy (non-hydrogen) atoms. The highest BCUT2D eigenvalue weighted by atomic mass is 33.1. The molecule has 1 aromatic rings. The van der Waals surface area contributed by atoms with E-state index < -0.39 is 0 Å². The molecule has 0 radical (unpaired) electrons. The Kier molecular flexibility index (Phi) is 5.25. The first-order valence-electron chi connectivity index (χ1n) is 5.92. The monoisotopic (exact) mass is 271 g/mol. The first-order chi connectivity index (χ1) is 8.34. The summed E-state index contributed by atoms with van der Waals surface area (Å²) in [7, 11) is 3.98. The minimum atomic E-state index is 0.0494. The molecular formula is C11H17N3OS2. The number of imidazole rings is 1. The number of nitrogens with zero attached hydrogens (tertiary/aromatic N) is 1. The lowest BCUT2D eigenvalue weighted by molar-refractivity contribution is -0.116. The van der Waals surface area contributed by atoms with E-state index in [1.54, 1.807) is 12.4 Å². The number of anilines is 1. The summed E-state index contributed by atoms with van der Waals surface area (Å²) in [4.78, 5) is 18.3. The predicted molar refractivity (Wildman–Crippen MR) is 74.1 cm³/mol. The van der Waals surface area contributed by atoms with Crippen LogP contribution in [0.2, 0.25) is 0 Å². The van der Waals surface area contributed by atoms with Gasteiger partial charge in [-0.3, -0.25) is 10.1 Å². The third-order valence-corrected chi connectivity index (χ3v) is 5.67. The summed E-state index contributed by atoms with van der Waals surface area (Å²) in [6.45, 7) is 0. The summed E-state index contributed by atoms with van der Waals surface area (Å²) in [5.41, 5.74) is 0. The van der Waals surface area contributed by atoms with Crippen LogP contribution in [0.4, 0.5) is 5.95 Å². The summed E-state index contributed by atoms with van der Waals surface area (Å²) in [6, 6.07) is 0. The summed E-state index contributed by atoms with van der Waals surface area (Å²) in [5, 5.41) is 3.55. The van der Waals surface area contributed by atoms with E-state index in [0.29, 0.717) is 12.4 Å². The van der Waals surface area contributed by atoms with Gasteiger partial charge in [0.05, 0.1) is 0 Å². The lowest BCUT2D eigenvalue weighted by Crippen LogP contribution is -2.12. The molecule has 6 heteroatoms. The number of hydrogen-bond acceptors (Lipinski definition) is 4. The van der Waals surface area contributed by atoms with Crippen molar-refractivity contribution >= 4 is 33.4 Å². The number of aromatic nitrogens is 2. The van der Waals surface area contributed by atoms with Crippen LogP contribution in [-0.2, 0) is 4.79 Å². The molecule has 1 aromatic heterocycles. The molecule has 2 rings (SSSR count). The lowest BCUT2D eigenvalue weighted by atomic mass is 10.1. The van der Waals surface area contributed by atoms with Crippen LogP contribution in [0.1, 0.15) is 32.1 Å². The zero-order chi connectivity index (χ0) is 11.9. The van der Waals surface area contributed by atoms with Crippen LogP contribution < -0.4 is 5.32 Å². The smallest absolute Gasteiger partial charge is 0.226 e. The second-order valence-electron chi connectivity index (χ2n) is 4.06. The topological polar surface area (TPSA) is 57.8 Å². The standard InChI is InChI=1S/C11H17N3OS2/c15-10(14-11-12-6-7-13-11)4-2-1-3-9-5-8-16-17-9/h6-7,9H,1-5,8H2,(H2,12,13,14,15)/t9-/m0/s1.